The molecule has 5 nitrogen and oxygen atoms in total. The van der Waals surface area contributed by atoms with E-state index in [-0.39, 0.29) is 6.54 Å². The van der Waals surface area contributed by atoms with Crippen molar-refractivity contribution in [2.75, 3.05) is 18.4 Å². The minimum Gasteiger partial charge on any atom is -0.357 e. The third-order valence-corrected chi connectivity index (χ3v) is 4.87. The lowest BCUT2D eigenvalue weighted by Gasteiger charge is -2.31. The van der Waals surface area contributed by atoms with Crippen LogP contribution in [0.25, 0.3) is 0 Å². The summed E-state index contributed by atoms with van der Waals surface area (Å²) in [5.41, 5.74) is 5.23. The molecule has 0 bridgehead atoms. The average molecular weight is 352 g/mol. The molecule has 0 amide bonds. The Hall–Kier alpha value is -2.60. The molecule has 0 saturated heterocycles. The SMILES string of the molecule is Cc1c(Cl)nc(NCC#N)c2c1CCN(Cc1ccc(C#N)cc1)C2. The van der Waals surface area contributed by atoms with Gasteiger partial charge in [-0.2, -0.15) is 10.5 Å². The third-order valence-electron chi connectivity index (χ3n) is 4.51. The topological polar surface area (TPSA) is 75.7 Å². The fourth-order valence-electron chi connectivity index (χ4n) is 3.17. The van der Waals surface area contributed by atoms with Gasteiger partial charge in [-0.25, -0.2) is 4.98 Å². The number of nitrogens with one attached hydrogen (secondary N) is 1. The van der Waals surface area contributed by atoms with Crippen LogP contribution in [0.2, 0.25) is 5.15 Å². The number of rotatable bonds is 4. The molecule has 3 rings (SSSR count). The number of pyridine rings is 1. The molecule has 0 aliphatic carbocycles. The van der Waals surface area contributed by atoms with Crippen molar-refractivity contribution in [1.29, 1.82) is 10.5 Å². The summed E-state index contributed by atoms with van der Waals surface area (Å²) in [7, 11) is 0. The second kappa shape index (κ2) is 7.53. The number of anilines is 1. The number of hydrogen-bond acceptors (Lipinski definition) is 5. The van der Waals surface area contributed by atoms with E-state index in [1.807, 2.05) is 31.2 Å². The van der Waals surface area contributed by atoms with Crippen molar-refractivity contribution in [3.63, 3.8) is 0 Å². The molecule has 1 aliphatic heterocycles. The first-order valence-corrected chi connectivity index (χ1v) is 8.50. The summed E-state index contributed by atoms with van der Waals surface area (Å²) < 4.78 is 0. The van der Waals surface area contributed by atoms with Crippen molar-refractivity contribution in [2.24, 2.45) is 0 Å². The van der Waals surface area contributed by atoms with E-state index in [0.717, 1.165) is 37.2 Å². The highest BCUT2D eigenvalue weighted by atomic mass is 35.5. The van der Waals surface area contributed by atoms with Crippen LogP contribution in [-0.4, -0.2) is 23.0 Å². The van der Waals surface area contributed by atoms with Crippen LogP contribution in [0.1, 0.15) is 27.8 Å². The lowest BCUT2D eigenvalue weighted by molar-refractivity contribution is 0.245. The normalized spacial score (nSPS) is 13.6. The van der Waals surface area contributed by atoms with E-state index in [1.165, 1.54) is 11.1 Å². The first-order valence-electron chi connectivity index (χ1n) is 8.12. The quantitative estimate of drug-likeness (QED) is 0.674. The van der Waals surface area contributed by atoms with Crippen molar-refractivity contribution >= 4 is 17.4 Å². The summed E-state index contributed by atoms with van der Waals surface area (Å²) in [6, 6.07) is 11.9. The number of halogens is 1. The standard InChI is InChI=1S/C19H18ClN5/c1-13-16-6-9-25(11-15-4-2-14(10-22)3-5-15)12-17(16)19(23-8-7-21)24-18(13)20/h2-5H,6,8-9,11-12H2,1H3,(H,23,24). The van der Waals surface area contributed by atoms with Crippen molar-refractivity contribution < 1.29 is 0 Å². The van der Waals surface area contributed by atoms with E-state index in [4.69, 9.17) is 22.1 Å². The molecule has 25 heavy (non-hydrogen) atoms. The van der Waals surface area contributed by atoms with Crippen LogP contribution < -0.4 is 5.32 Å². The summed E-state index contributed by atoms with van der Waals surface area (Å²) in [4.78, 5) is 6.77. The maximum atomic E-state index is 8.90. The van der Waals surface area contributed by atoms with Crippen LogP contribution in [0.5, 0.6) is 0 Å². The fraction of sp³-hybridized carbons (Fsp3) is 0.316. The Morgan fingerprint density at radius 1 is 1.24 bits per heavy atom. The summed E-state index contributed by atoms with van der Waals surface area (Å²) >= 11 is 6.25. The van der Waals surface area contributed by atoms with Crippen molar-refractivity contribution in [2.45, 2.75) is 26.4 Å². The molecular weight excluding hydrogens is 334 g/mol. The fourth-order valence-corrected chi connectivity index (χ4v) is 3.37. The molecule has 1 aromatic heterocycles. The molecule has 1 aromatic carbocycles. The Labute approximate surface area is 152 Å². The Morgan fingerprint density at radius 3 is 2.68 bits per heavy atom. The maximum absolute atomic E-state index is 8.90. The molecule has 0 radical (unpaired) electrons. The molecule has 0 saturated carbocycles. The van der Waals surface area contributed by atoms with Crippen LogP contribution >= 0.6 is 11.6 Å². The second-order valence-corrected chi connectivity index (χ2v) is 6.47. The number of nitrogens with zero attached hydrogens (tertiary/aromatic N) is 4. The van der Waals surface area contributed by atoms with E-state index in [2.05, 4.69) is 27.3 Å². The van der Waals surface area contributed by atoms with Gasteiger partial charge in [0.15, 0.2) is 0 Å². The number of benzene rings is 1. The van der Waals surface area contributed by atoms with Gasteiger partial charge in [0.1, 0.15) is 17.5 Å². The Morgan fingerprint density at radius 2 is 2.00 bits per heavy atom. The number of nitriles is 2. The van der Waals surface area contributed by atoms with Gasteiger partial charge < -0.3 is 5.32 Å². The molecule has 0 spiro atoms. The zero-order chi connectivity index (χ0) is 17.8. The highest BCUT2D eigenvalue weighted by molar-refractivity contribution is 6.30. The number of fused-ring (bicyclic) bond motifs is 1. The molecule has 0 atom stereocenters. The molecule has 2 heterocycles. The van der Waals surface area contributed by atoms with Crippen molar-refractivity contribution in [1.82, 2.24) is 9.88 Å². The third kappa shape index (κ3) is 3.74. The van der Waals surface area contributed by atoms with Crippen LogP contribution in [-0.2, 0) is 19.5 Å². The average Bonchev–Trinajstić information content (AvgIpc) is 2.64. The molecule has 0 fully saturated rings. The largest absolute Gasteiger partial charge is 0.357 e. The smallest absolute Gasteiger partial charge is 0.134 e. The minimum atomic E-state index is 0.203. The van der Waals surface area contributed by atoms with Crippen LogP contribution in [0.4, 0.5) is 5.82 Å². The highest BCUT2D eigenvalue weighted by Gasteiger charge is 2.23. The minimum absolute atomic E-state index is 0.203. The Balaban J connectivity index is 1.82. The Kier molecular flexibility index (Phi) is 5.19. The number of hydrogen-bond donors (Lipinski definition) is 1. The van der Waals surface area contributed by atoms with Crippen molar-refractivity contribution in [3.8, 4) is 12.1 Å². The second-order valence-electron chi connectivity index (χ2n) is 6.11. The lowest BCUT2D eigenvalue weighted by Crippen LogP contribution is -2.31. The van der Waals surface area contributed by atoms with Crippen LogP contribution in [0.3, 0.4) is 0 Å². The molecule has 1 aliphatic rings. The van der Waals surface area contributed by atoms with E-state index < -0.39 is 0 Å². The van der Waals surface area contributed by atoms with E-state index in [1.54, 1.807) is 0 Å². The highest BCUT2D eigenvalue weighted by Crippen LogP contribution is 2.31. The predicted octanol–water partition coefficient (Wildman–Crippen LogP) is 3.41. The zero-order valence-electron chi connectivity index (χ0n) is 14.0. The van der Waals surface area contributed by atoms with E-state index >= 15 is 0 Å². The van der Waals surface area contributed by atoms with E-state index in [0.29, 0.717) is 16.5 Å². The van der Waals surface area contributed by atoms with Crippen molar-refractivity contribution in [3.05, 3.63) is 57.2 Å². The molecule has 0 unspecified atom stereocenters. The van der Waals surface area contributed by atoms with Gasteiger partial charge >= 0.3 is 0 Å². The number of aromatic nitrogens is 1. The first-order chi connectivity index (χ1) is 12.1. The van der Waals surface area contributed by atoms with Gasteiger partial charge in [0, 0.05) is 25.2 Å². The van der Waals surface area contributed by atoms with Gasteiger partial charge in [0.05, 0.1) is 17.7 Å². The van der Waals surface area contributed by atoms with E-state index in [9.17, 15) is 0 Å². The Bertz CT molecular complexity index is 861. The zero-order valence-corrected chi connectivity index (χ0v) is 14.8. The first kappa shape index (κ1) is 17.2. The van der Waals surface area contributed by atoms with Gasteiger partial charge in [-0.15, -0.1) is 0 Å². The molecule has 126 valence electrons. The van der Waals surface area contributed by atoms with Gasteiger partial charge in [0.25, 0.3) is 0 Å². The van der Waals surface area contributed by atoms with Gasteiger partial charge in [-0.1, -0.05) is 23.7 Å². The van der Waals surface area contributed by atoms with Gasteiger partial charge in [-0.05, 0) is 42.2 Å². The molecular formula is C19H18ClN5. The molecule has 1 N–H and O–H groups in total. The van der Waals surface area contributed by atoms with Crippen LogP contribution in [0, 0.1) is 29.6 Å². The predicted molar refractivity (Wildman–Crippen MR) is 97.1 cm³/mol. The lowest BCUT2D eigenvalue weighted by atomic mass is 9.96. The monoisotopic (exact) mass is 351 g/mol. The summed E-state index contributed by atoms with van der Waals surface area (Å²) in [5, 5.41) is 21.3. The summed E-state index contributed by atoms with van der Waals surface area (Å²) in [5.74, 6) is 0.705. The van der Waals surface area contributed by atoms with Gasteiger partial charge in [-0.3, -0.25) is 4.90 Å². The van der Waals surface area contributed by atoms with Crippen LogP contribution in [0.15, 0.2) is 24.3 Å². The molecule has 6 heteroatoms. The van der Waals surface area contributed by atoms with Gasteiger partial charge in [0.2, 0.25) is 0 Å². The summed E-state index contributed by atoms with van der Waals surface area (Å²) in [6.45, 7) is 4.71. The summed E-state index contributed by atoms with van der Waals surface area (Å²) in [6.07, 6.45) is 0.904. The molecule has 2 aromatic rings. The maximum Gasteiger partial charge on any atom is 0.134 e.